The number of imidazole rings is 1. The summed E-state index contributed by atoms with van der Waals surface area (Å²) in [4.78, 5) is 12.2. The van der Waals surface area contributed by atoms with Crippen LogP contribution in [0.4, 0.5) is 0 Å². The number of nitrogens with one attached hydrogen (secondary N) is 1. The lowest BCUT2D eigenvalue weighted by atomic mass is 9.98. The van der Waals surface area contributed by atoms with Crippen LogP contribution < -0.4 is 5.32 Å². The van der Waals surface area contributed by atoms with Crippen LogP contribution in [0.25, 0.3) is 11.5 Å². The minimum atomic E-state index is 0.403. The zero-order valence-corrected chi connectivity index (χ0v) is 16.5. The van der Waals surface area contributed by atoms with Crippen molar-refractivity contribution in [3.05, 3.63) is 17.8 Å². The van der Waals surface area contributed by atoms with Gasteiger partial charge in [0.05, 0.1) is 13.2 Å². The Bertz CT molecular complexity index is 730. The Balaban J connectivity index is 1.63. The third kappa shape index (κ3) is 4.23. The molecule has 1 N–H and O–H groups in total. The number of aromatic nitrogens is 5. The first-order valence-corrected chi connectivity index (χ1v) is 10.2. The molecule has 148 valence electrons. The number of nitrogens with zero attached hydrogens (tertiary/aromatic N) is 6. The molecule has 0 aromatic carbocycles. The second-order valence-corrected chi connectivity index (χ2v) is 7.55. The van der Waals surface area contributed by atoms with Crippen LogP contribution in [-0.2, 0) is 24.2 Å². The number of ether oxygens (including phenoxy) is 1. The summed E-state index contributed by atoms with van der Waals surface area (Å²) in [5.74, 6) is 3.37. The molecule has 0 radical (unpaired) electrons. The summed E-state index contributed by atoms with van der Waals surface area (Å²) in [5.41, 5.74) is 0.936. The molecule has 1 atom stereocenters. The van der Waals surface area contributed by atoms with Gasteiger partial charge in [-0.3, -0.25) is 0 Å². The molecule has 0 aliphatic carbocycles. The molecule has 4 heterocycles. The van der Waals surface area contributed by atoms with E-state index in [-0.39, 0.29) is 0 Å². The van der Waals surface area contributed by atoms with Gasteiger partial charge in [-0.1, -0.05) is 0 Å². The summed E-state index contributed by atoms with van der Waals surface area (Å²) >= 11 is 0. The van der Waals surface area contributed by atoms with Crippen molar-refractivity contribution in [3.8, 4) is 11.5 Å². The summed E-state index contributed by atoms with van der Waals surface area (Å²) in [6.45, 7) is 9.21. The van der Waals surface area contributed by atoms with E-state index in [1.807, 2.05) is 11.6 Å². The Hall–Kier alpha value is -1.77. The van der Waals surface area contributed by atoms with E-state index in [1.165, 1.54) is 6.42 Å². The van der Waals surface area contributed by atoms with E-state index in [9.17, 15) is 0 Å². The molecule has 2 aliphatic heterocycles. The Kier molecular flexibility index (Phi) is 5.85. The summed E-state index contributed by atoms with van der Waals surface area (Å²) in [6.07, 6.45) is 5.45. The molecule has 8 heteroatoms. The third-order valence-corrected chi connectivity index (χ3v) is 5.47. The van der Waals surface area contributed by atoms with Crippen LogP contribution in [0.3, 0.4) is 0 Å². The zero-order valence-electron chi connectivity index (χ0n) is 16.5. The van der Waals surface area contributed by atoms with Crippen LogP contribution in [0.15, 0.2) is 6.20 Å². The second-order valence-electron chi connectivity index (χ2n) is 7.55. The molecule has 1 fully saturated rings. The summed E-state index contributed by atoms with van der Waals surface area (Å²) in [7, 11) is 2.18. The fraction of sp³-hybridized carbons (Fsp3) is 0.737. The maximum absolute atomic E-state index is 5.57. The largest absolute Gasteiger partial charge is 0.380 e. The van der Waals surface area contributed by atoms with E-state index in [0.717, 1.165) is 75.3 Å². The predicted octanol–water partition coefficient (Wildman–Crippen LogP) is 1.13. The van der Waals surface area contributed by atoms with Crippen molar-refractivity contribution in [3.63, 3.8) is 0 Å². The molecular weight excluding hydrogens is 342 g/mol. The van der Waals surface area contributed by atoms with Crippen LogP contribution in [0.2, 0.25) is 0 Å². The molecule has 0 saturated carbocycles. The SMILES string of the molecule is CCOCCn1nc(C2CCCN(C)C2)nc1-c1cn2c(n1)CCNCC2. The van der Waals surface area contributed by atoms with Gasteiger partial charge in [0.25, 0.3) is 0 Å². The fourth-order valence-corrected chi connectivity index (χ4v) is 4.03. The molecule has 0 spiro atoms. The van der Waals surface area contributed by atoms with E-state index >= 15 is 0 Å². The van der Waals surface area contributed by atoms with Crippen LogP contribution in [-0.4, -0.2) is 75.7 Å². The van der Waals surface area contributed by atoms with Gasteiger partial charge in [-0.2, -0.15) is 5.10 Å². The van der Waals surface area contributed by atoms with Gasteiger partial charge >= 0.3 is 0 Å². The van der Waals surface area contributed by atoms with Crippen molar-refractivity contribution in [1.82, 2.24) is 34.5 Å². The van der Waals surface area contributed by atoms with E-state index < -0.39 is 0 Å². The van der Waals surface area contributed by atoms with Gasteiger partial charge in [-0.25, -0.2) is 14.6 Å². The quantitative estimate of drug-likeness (QED) is 0.766. The first-order valence-electron chi connectivity index (χ1n) is 10.2. The number of likely N-dealkylation sites (N-methyl/N-ethyl adjacent to an activating group) is 1. The fourth-order valence-electron chi connectivity index (χ4n) is 4.03. The molecule has 0 amide bonds. The van der Waals surface area contributed by atoms with Crippen molar-refractivity contribution in [2.75, 3.05) is 46.4 Å². The molecule has 1 saturated heterocycles. The third-order valence-electron chi connectivity index (χ3n) is 5.47. The predicted molar refractivity (Wildman–Crippen MR) is 104 cm³/mol. The minimum Gasteiger partial charge on any atom is -0.380 e. The summed E-state index contributed by atoms with van der Waals surface area (Å²) in [6, 6.07) is 0. The topological polar surface area (TPSA) is 73.0 Å². The van der Waals surface area contributed by atoms with E-state index in [4.69, 9.17) is 19.8 Å². The maximum atomic E-state index is 5.57. The highest BCUT2D eigenvalue weighted by Gasteiger charge is 2.25. The lowest BCUT2D eigenvalue weighted by Crippen LogP contribution is -2.31. The van der Waals surface area contributed by atoms with Crippen molar-refractivity contribution < 1.29 is 4.74 Å². The van der Waals surface area contributed by atoms with Gasteiger partial charge < -0.3 is 19.5 Å². The smallest absolute Gasteiger partial charge is 0.178 e. The number of hydrogen-bond acceptors (Lipinski definition) is 6. The van der Waals surface area contributed by atoms with Gasteiger partial charge in [-0.15, -0.1) is 0 Å². The molecule has 2 aliphatic rings. The van der Waals surface area contributed by atoms with Gasteiger partial charge in [0, 0.05) is 51.3 Å². The summed E-state index contributed by atoms with van der Waals surface area (Å²) < 4.78 is 9.82. The van der Waals surface area contributed by atoms with Crippen molar-refractivity contribution in [1.29, 1.82) is 0 Å². The number of hydrogen-bond donors (Lipinski definition) is 1. The second kappa shape index (κ2) is 8.50. The van der Waals surface area contributed by atoms with Gasteiger partial charge in [0.2, 0.25) is 0 Å². The minimum absolute atomic E-state index is 0.403. The van der Waals surface area contributed by atoms with Crippen molar-refractivity contribution in [2.45, 2.75) is 45.2 Å². The van der Waals surface area contributed by atoms with Crippen LogP contribution in [0.1, 0.15) is 37.3 Å². The monoisotopic (exact) mass is 373 g/mol. The average Bonchev–Trinajstić information content (AvgIpc) is 3.20. The average molecular weight is 374 g/mol. The maximum Gasteiger partial charge on any atom is 0.178 e. The number of fused-ring (bicyclic) bond motifs is 1. The highest BCUT2D eigenvalue weighted by molar-refractivity contribution is 5.49. The molecule has 2 aromatic rings. The Morgan fingerprint density at radius 3 is 3.04 bits per heavy atom. The van der Waals surface area contributed by atoms with Gasteiger partial charge in [0.15, 0.2) is 11.6 Å². The first kappa shape index (κ1) is 18.6. The Labute approximate surface area is 160 Å². The Morgan fingerprint density at radius 1 is 1.26 bits per heavy atom. The molecule has 0 bridgehead atoms. The van der Waals surface area contributed by atoms with Crippen molar-refractivity contribution >= 4 is 0 Å². The Morgan fingerprint density at radius 2 is 2.19 bits per heavy atom. The lowest BCUT2D eigenvalue weighted by Gasteiger charge is -2.27. The highest BCUT2D eigenvalue weighted by Crippen LogP contribution is 2.26. The first-order chi connectivity index (χ1) is 13.2. The molecule has 1 unspecified atom stereocenters. The number of piperidine rings is 1. The molecular formula is C19H31N7O. The van der Waals surface area contributed by atoms with Crippen LogP contribution in [0.5, 0.6) is 0 Å². The van der Waals surface area contributed by atoms with Crippen molar-refractivity contribution in [2.24, 2.45) is 0 Å². The summed E-state index contributed by atoms with van der Waals surface area (Å²) in [5, 5.41) is 8.30. The van der Waals surface area contributed by atoms with Gasteiger partial charge in [-0.05, 0) is 33.4 Å². The van der Waals surface area contributed by atoms with Crippen LogP contribution >= 0.6 is 0 Å². The van der Waals surface area contributed by atoms with Gasteiger partial charge in [0.1, 0.15) is 11.5 Å². The highest BCUT2D eigenvalue weighted by atomic mass is 16.5. The van der Waals surface area contributed by atoms with E-state index in [0.29, 0.717) is 19.1 Å². The molecule has 27 heavy (non-hydrogen) atoms. The molecule has 8 nitrogen and oxygen atoms in total. The zero-order chi connectivity index (χ0) is 18.6. The molecule has 4 rings (SSSR count). The standard InChI is InChI=1S/C19H31N7O/c1-3-27-12-11-26-19(16-14-25-10-8-20-7-6-17(25)21-16)22-18(23-26)15-5-4-9-24(2)13-15/h14-15,20H,3-13H2,1-2H3. The number of rotatable bonds is 6. The molecule has 2 aromatic heterocycles. The lowest BCUT2D eigenvalue weighted by molar-refractivity contribution is 0.136. The van der Waals surface area contributed by atoms with E-state index in [1.54, 1.807) is 0 Å². The van der Waals surface area contributed by atoms with Crippen LogP contribution in [0, 0.1) is 0 Å². The normalized spacial score (nSPS) is 21.2. The number of likely N-dealkylation sites (tertiary alicyclic amines) is 1. The van der Waals surface area contributed by atoms with E-state index in [2.05, 4.69) is 28.0 Å².